The largest absolute Gasteiger partial charge is 0.334 e. The molecule has 4 rings (SSSR count). The minimum Gasteiger partial charge on any atom is -0.334 e. The fraction of sp³-hybridized carbons (Fsp3) is 0.444. The average Bonchev–Trinajstić information content (AvgIpc) is 3.10. The van der Waals surface area contributed by atoms with E-state index >= 15 is 0 Å². The van der Waals surface area contributed by atoms with Gasteiger partial charge in [-0.25, -0.2) is 4.68 Å². The molecule has 1 aliphatic carbocycles. The molecule has 2 fully saturated rings. The lowest BCUT2D eigenvalue weighted by molar-refractivity contribution is 0.0728. The van der Waals surface area contributed by atoms with Crippen LogP contribution in [0.25, 0.3) is 5.69 Å². The maximum atomic E-state index is 12.9. The molecule has 1 aliphatic heterocycles. The lowest BCUT2D eigenvalue weighted by Crippen LogP contribution is -2.42. The number of halogens is 2. The molecule has 2 aliphatic rings. The number of benzene rings is 1. The summed E-state index contributed by atoms with van der Waals surface area (Å²) in [6.07, 6.45) is 8.02. The Balaban J connectivity index is 0.00000182. The molecule has 0 spiro atoms. The molecule has 0 bridgehead atoms. The zero-order chi connectivity index (χ0) is 16.5. The van der Waals surface area contributed by atoms with Crippen molar-refractivity contribution in [1.29, 1.82) is 0 Å². The molecule has 25 heavy (non-hydrogen) atoms. The molecule has 1 unspecified atom stereocenters. The summed E-state index contributed by atoms with van der Waals surface area (Å²) in [4.78, 5) is 15.0. The molecule has 2 aromatic rings. The van der Waals surface area contributed by atoms with Crippen LogP contribution in [0, 0.1) is 0 Å². The molecular weight excluding hydrogens is 359 g/mol. The van der Waals surface area contributed by atoms with Crippen LogP contribution < -0.4 is 5.32 Å². The summed E-state index contributed by atoms with van der Waals surface area (Å²) in [5.74, 6) is 0.0829. The van der Waals surface area contributed by atoms with Gasteiger partial charge in [-0.1, -0.05) is 17.7 Å². The Bertz CT molecular complexity index is 738. The normalized spacial score (nSPS) is 19.5. The van der Waals surface area contributed by atoms with E-state index in [1.165, 1.54) is 6.42 Å². The van der Waals surface area contributed by atoms with Gasteiger partial charge in [0.25, 0.3) is 5.91 Å². The predicted molar refractivity (Wildman–Crippen MR) is 101 cm³/mol. The Labute approximate surface area is 158 Å². The minimum absolute atomic E-state index is 0. The predicted octanol–water partition coefficient (Wildman–Crippen LogP) is 3.30. The number of nitrogens with one attached hydrogen (secondary N) is 1. The van der Waals surface area contributed by atoms with E-state index in [9.17, 15) is 4.79 Å². The Morgan fingerprint density at radius 2 is 2.20 bits per heavy atom. The zero-order valence-electron chi connectivity index (χ0n) is 13.9. The monoisotopic (exact) mass is 380 g/mol. The molecule has 7 heteroatoms. The maximum Gasteiger partial charge on any atom is 0.257 e. The van der Waals surface area contributed by atoms with E-state index in [-0.39, 0.29) is 18.3 Å². The van der Waals surface area contributed by atoms with E-state index in [0.717, 1.165) is 38.0 Å². The van der Waals surface area contributed by atoms with Gasteiger partial charge in [0, 0.05) is 29.8 Å². The Morgan fingerprint density at radius 1 is 1.36 bits per heavy atom. The molecule has 1 atom stereocenters. The smallest absolute Gasteiger partial charge is 0.257 e. The summed E-state index contributed by atoms with van der Waals surface area (Å²) < 4.78 is 1.71. The third kappa shape index (κ3) is 4.17. The highest BCUT2D eigenvalue weighted by atomic mass is 35.5. The van der Waals surface area contributed by atoms with Crippen LogP contribution in [0.2, 0.25) is 5.02 Å². The fourth-order valence-electron chi connectivity index (χ4n) is 3.29. The summed E-state index contributed by atoms with van der Waals surface area (Å²) in [7, 11) is 0. The molecule has 134 valence electrons. The van der Waals surface area contributed by atoms with Gasteiger partial charge >= 0.3 is 0 Å². The first-order valence-corrected chi connectivity index (χ1v) is 8.93. The van der Waals surface area contributed by atoms with E-state index in [0.29, 0.717) is 22.7 Å². The molecule has 0 radical (unpaired) electrons. The first-order chi connectivity index (χ1) is 11.7. The Morgan fingerprint density at radius 3 is 2.88 bits per heavy atom. The van der Waals surface area contributed by atoms with Crippen molar-refractivity contribution in [1.82, 2.24) is 20.0 Å². The van der Waals surface area contributed by atoms with Gasteiger partial charge in [-0.15, -0.1) is 12.4 Å². The second-order valence-corrected chi connectivity index (χ2v) is 7.07. The van der Waals surface area contributed by atoms with Crippen LogP contribution in [0.3, 0.4) is 0 Å². The van der Waals surface area contributed by atoms with Gasteiger partial charge in [0.15, 0.2) is 0 Å². The van der Waals surface area contributed by atoms with E-state index < -0.39 is 0 Å². The molecule has 1 amide bonds. The van der Waals surface area contributed by atoms with Gasteiger partial charge < -0.3 is 10.2 Å². The van der Waals surface area contributed by atoms with E-state index in [4.69, 9.17) is 11.6 Å². The Hall–Kier alpha value is -1.56. The van der Waals surface area contributed by atoms with Crippen LogP contribution in [0.5, 0.6) is 0 Å². The standard InChI is InChI=1S/C18H21ClN4O.ClH/c19-14-3-1-5-17(9-14)23-11-13(10-21-23)18(24)22(16-6-7-16)12-15-4-2-8-20-15;/h1,3,5,9-11,15-16,20H,2,4,6-8,12H2;1H. The number of nitrogens with zero attached hydrogens (tertiary/aromatic N) is 3. The van der Waals surface area contributed by atoms with Gasteiger partial charge in [-0.2, -0.15) is 5.10 Å². The van der Waals surface area contributed by atoms with Crippen molar-refractivity contribution in [2.24, 2.45) is 0 Å². The van der Waals surface area contributed by atoms with Crippen LogP contribution in [0.4, 0.5) is 0 Å². The first-order valence-electron chi connectivity index (χ1n) is 8.56. The number of hydrogen-bond acceptors (Lipinski definition) is 3. The summed E-state index contributed by atoms with van der Waals surface area (Å²) in [6.45, 7) is 1.86. The molecule has 5 nitrogen and oxygen atoms in total. The summed E-state index contributed by atoms with van der Waals surface area (Å²) >= 11 is 6.04. The number of amides is 1. The summed E-state index contributed by atoms with van der Waals surface area (Å²) in [6, 6.07) is 8.29. The van der Waals surface area contributed by atoms with Crippen molar-refractivity contribution in [2.75, 3.05) is 13.1 Å². The molecule has 1 aromatic heterocycles. The lowest BCUT2D eigenvalue weighted by atomic mass is 10.2. The van der Waals surface area contributed by atoms with E-state index in [1.807, 2.05) is 29.2 Å². The van der Waals surface area contributed by atoms with Crippen molar-refractivity contribution < 1.29 is 4.79 Å². The number of carbonyl (C=O) groups excluding carboxylic acids is 1. The number of aromatic nitrogens is 2. The molecule has 1 aromatic carbocycles. The summed E-state index contributed by atoms with van der Waals surface area (Å²) in [5, 5.41) is 8.48. The average molecular weight is 381 g/mol. The van der Waals surface area contributed by atoms with Crippen molar-refractivity contribution in [3.8, 4) is 5.69 Å². The number of hydrogen-bond donors (Lipinski definition) is 1. The minimum atomic E-state index is 0. The van der Waals surface area contributed by atoms with Gasteiger partial charge in [-0.3, -0.25) is 4.79 Å². The van der Waals surface area contributed by atoms with Crippen LogP contribution in [0.1, 0.15) is 36.0 Å². The van der Waals surface area contributed by atoms with E-state index in [1.54, 1.807) is 17.1 Å². The highest BCUT2D eigenvalue weighted by Crippen LogP contribution is 2.29. The summed E-state index contributed by atoms with van der Waals surface area (Å²) in [5.41, 5.74) is 1.50. The van der Waals surface area contributed by atoms with Gasteiger partial charge in [0.1, 0.15) is 0 Å². The third-order valence-electron chi connectivity index (χ3n) is 4.73. The topological polar surface area (TPSA) is 50.2 Å². The molecule has 1 saturated heterocycles. The van der Waals surface area contributed by atoms with Crippen LogP contribution in [-0.2, 0) is 0 Å². The number of rotatable bonds is 5. The van der Waals surface area contributed by atoms with Gasteiger partial charge in [0.05, 0.1) is 17.4 Å². The molecule has 1 saturated carbocycles. The fourth-order valence-corrected chi connectivity index (χ4v) is 3.48. The maximum absolute atomic E-state index is 12.9. The van der Waals surface area contributed by atoms with E-state index in [2.05, 4.69) is 10.4 Å². The van der Waals surface area contributed by atoms with Crippen LogP contribution in [-0.4, -0.2) is 45.8 Å². The van der Waals surface area contributed by atoms with Crippen LogP contribution >= 0.6 is 24.0 Å². The molecular formula is C18H22Cl2N4O. The molecule has 1 N–H and O–H groups in total. The highest BCUT2D eigenvalue weighted by molar-refractivity contribution is 6.30. The third-order valence-corrected chi connectivity index (χ3v) is 4.97. The van der Waals surface area contributed by atoms with Crippen molar-refractivity contribution in [3.63, 3.8) is 0 Å². The SMILES string of the molecule is Cl.O=C(c1cnn(-c2cccc(Cl)c2)c1)N(CC1CCCN1)C1CC1. The van der Waals surface area contributed by atoms with Gasteiger partial charge in [-0.05, 0) is 50.4 Å². The Kier molecular flexibility index (Phi) is 5.67. The number of carbonyl (C=O) groups is 1. The second-order valence-electron chi connectivity index (χ2n) is 6.64. The van der Waals surface area contributed by atoms with Crippen molar-refractivity contribution in [3.05, 3.63) is 47.2 Å². The quantitative estimate of drug-likeness (QED) is 0.865. The van der Waals surface area contributed by atoms with Gasteiger partial charge in [0.2, 0.25) is 0 Å². The van der Waals surface area contributed by atoms with Crippen LogP contribution in [0.15, 0.2) is 36.7 Å². The zero-order valence-corrected chi connectivity index (χ0v) is 15.5. The first kappa shape index (κ1) is 18.2. The molecule has 2 heterocycles. The van der Waals surface area contributed by atoms with Crippen molar-refractivity contribution >= 4 is 29.9 Å². The highest BCUT2D eigenvalue weighted by Gasteiger charge is 2.35. The lowest BCUT2D eigenvalue weighted by Gasteiger charge is -2.25. The van der Waals surface area contributed by atoms with Crippen molar-refractivity contribution in [2.45, 2.75) is 37.8 Å². The second kappa shape index (κ2) is 7.77.